The maximum absolute atomic E-state index is 13.6. The van der Waals surface area contributed by atoms with Crippen LogP contribution in [-0.4, -0.2) is 37.2 Å². The van der Waals surface area contributed by atoms with Gasteiger partial charge in [0.25, 0.3) is 0 Å². The number of hydrogen-bond acceptors (Lipinski definition) is 4. The van der Waals surface area contributed by atoms with Crippen LogP contribution in [0.2, 0.25) is 5.02 Å². The van der Waals surface area contributed by atoms with Crippen LogP contribution in [0, 0.1) is 5.82 Å². The zero-order valence-corrected chi connectivity index (χ0v) is 12.5. The van der Waals surface area contributed by atoms with E-state index in [1.54, 1.807) is 0 Å². The first kappa shape index (κ1) is 17.4. The molecule has 0 aliphatic rings. The normalized spacial score (nSPS) is 12.7. The number of carboxylic acids is 1. The van der Waals surface area contributed by atoms with E-state index in [9.17, 15) is 22.4 Å². The molecule has 0 fully saturated rings. The maximum atomic E-state index is 13.6. The molecule has 0 spiro atoms. The number of amides is 1. The molecule has 0 bridgehead atoms. The quantitative estimate of drug-likeness (QED) is 0.806. The third-order valence-electron chi connectivity index (χ3n) is 2.49. The zero-order valence-electron chi connectivity index (χ0n) is 11.0. The van der Waals surface area contributed by atoms with E-state index in [0.29, 0.717) is 0 Å². The molecule has 1 aromatic rings. The Morgan fingerprint density at radius 1 is 1.43 bits per heavy atom. The standard InChI is InChI=1S/C12H13ClFNO5S/c1-7(16)15-11(12(17)18)6-21(19,20)5-8-2-3-9(13)4-10(8)14/h2-4,11H,5-6H2,1H3,(H,15,16)(H,17,18). The molecular weight excluding hydrogens is 325 g/mol. The Kier molecular flexibility index (Phi) is 5.68. The van der Waals surface area contributed by atoms with E-state index in [1.165, 1.54) is 12.1 Å². The van der Waals surface area contributed by atoms with Crippen LogP contribution < -0.4 is 5.32 Å². The molecule has 21 heavy (non-hydrogen) atoms. The summed E-state index contributed by atoms with van der Waals surface area (Å²) in [5.41, 5.74) is -0.119. The van der Waals surface area contributed by atoms with Crippen molar-refractivity contribution < 1.29 is 27.5 Å². The highest BCUT2D eigenvalue weighted by atomic mass is 35.5. The Morgan fingerprint density at radius 2 is 2.05 bits per heavy atom. The highest BCUT2D eigenvalue weighted by Crippen LogP contribution is 2.17. The molecule has 1 amide bonds. The highest BCUT2D eigenvalue weighted by molar-refractivity contribution is 7.90. The number of halogens is 2. The van der Waals surface area contributed by atoms with Gasteiger partial charge in [-0.05, 0) is 12.1 Å². The van der Waals surface area contributed by atoms with Crippen LogP contribution in [0.5, 0.6) is 0 Å². The van der Waals surface area contributed by atoms with E-state index in [-0.39, 0.29) is 10.6 Å². The fourth-order valence-electron chi connectivity index (χ4n) is 1.61. The first-order chi connectivity index (χ1) is 9.60. The molecule has 6 nitrogen and oxygen atoms in total. The summed E-state index contributed by atoms with van der Waals surface area (Å²) in [5, 5.41) is 11.0. The van der Waals surface area contributed by atoms with Gasteiger partial charge in [-0.2, -0.15) is 0 Å². The van der Waals surface area contributed by atoms with E-state index in [2.05, 4.69) is 0 Å². The molecule has 2 N–H and O–H groups in total. The summed E-state index contributed by atoms with van der Waals surface area (Å²) in [6, 6.07) is 1.93. The number of carbonyl (C=O) groups excluding carboxylic acids is 1. The Balaban J connectivity index is 2.90. The van der Waals surface area contributed by atoms with Gasteiger partial charge in [0, 0.05) is 17.5 Å². The van der Waals surface area contributed by atoms with E-state index >= 15 is 0 Å². The lowest BCUT2D eigenvalue weighted by Crippen LogP contribution is -2.44. The zero-order chi connectivity index (χ0) is 16.2. The first-order valence-corrected chi connectivity index (χ1v) is 7.95. The summed E-state index contributed by atoms with van der Waals surface area (Å²) < 4.78 is 37.4. The van der Waals surface area contributed by atoms with Crippen LogP contribution in [0.3, 0.4) is 0 Å². The number of rotatable bonds is 6. The van der Waals surface area contributed by atoms with Gasteiger partial charge < -0.3 is 10.4 Å². The largest absolute Gasteiger partial charge is 0.480 e. The summed E-state index contributed by atoms with van der Waals surface area (Å²) in [6.07, 6.45) is 0. The van der Waals surface area contributed by atoms with Gasteiger partial charge in [0.05, 0.1) is 11.5 Å². The summed E-state index contributed by atoms with van der Waals surface area (Å²) in [5.74, 6) is -4.46. The minimum absolute atomic E-state index is 0.119. The van der Waals surface area contributed by atoms with E-state index < -0.39 is 45.1 Å². The van der Waals surface area contributed by atoms with Crippen LogP contribution in [-0.2, 0) is 25.2 Å². The molecule has 0 aliphatic heterocycles. The van der Waals surface area contributed by atoms with Crippen molar-refractivity contribution in [3.8, 4) is 0 Å². The van der Waals surface area contributed by atoms with Gasteiger partial charge in [-0.3, -0.25) is 4.79 Å². The lowest BCUT2D eigenvalue weighted by Gasteiger charge is -2.13. The van der Waals surface area contributed by atoms with E-state index in [1.807, 2.05) is 5.32 Å². The van der Waals surface area contributed by atoms with Gasteiger partial charge in [-0.1, -0.05) is 17.7 Å². The molecule has 9 heteroatoms. The Bertz CT molecular complexity index is 662. The Labute approximate surface area is 125 Å². The van der Waals surface area contributed by atoms with Crippen LogP contribution in [0.1, 0.15) is 12.5 Å². The molecule has 1 aromatic carbocycles. The molecular formula is C12H13ClFNO5S. The van der Waals surface area contributed by atoms with Crippen molar-refractivity contribution in [3.05, 3.63) is 34.6 Å². The van der Waals surface area contributed by atoms with E-state index in [4.69, 9.17) is 16.7 Å². The number of carbonyl (C=O) groups is 2. The second-order valence-corrected chi connectivity index (χ2v) is 6.93. The number of hydrogen-bond donors (Lipinski definition) is 2. The first-order valence-electron chi connectivity index (χ1n) is 5.75. The van der Waals surface area contributed by atoms with Crippen LogP contribution >= 0.6 is 11.6 Å². The van der Waals surface area contributed by atoms with Crippen molar-refractivity contribution in [1.29, 1.82) is 0 Å². The Morgan fingerprint density at radius 3 is 2.52 bits per heavy atom. The van der Waals surface area contributed by atoms with Gasteiger partial charge in [-0.25, -0.2) is 17.6 Å². The minimum Gasteiger partial charge on any atom is -0.480 e. The number of aliphatic carboxylic acids is 1. The third-order valence-corrected chi connectivity index (χ3v) is 4.31. The summed E-state index contributed by atoms with van der Waals surface area (Å²) >= 11 is 5.56. The topological polar surface area (TPSA) is 101 Å². The maximum Gasteiger partial charge on any atom is 0.327 e. The van der Waals surface area contributed by atoms with Gasteiger partial charge >= 0.3 is 5.97 Å². The third kappa shape index (κ3) is 5.68. The number of carboxylic acid groups (broad SMARTS) is 1. The van der Waals surface area contributed by atoms with Gasteiger partial charge in [0.1, 0.15) is 11.9 Å². The average molecular weight is 338 g/mol. The van der Waals surface area contributed by atoms with Crippen molar-refractivity contribution >= 4 is 33.3 Å². The van der Waals surface area contributed by atoms with Crippen molar-refractivity contribution in [2.75, 3.05) is 5.75 Å². The summed E-state index contributed by atoms with van der Waals surface area (Å²) in [6.45, 7) is 1.07. The second kappa shape index (κ2) is 6.86. The van der Waals surface area contributed by atoms with Crippen molar-refractivity contribution in [2.24, 2.45) is 0 Å². The molecule has 0 saturated heterocycles. The molecule has 0 aliphatic carbocycles. The Hall–Kier alpha value is -1.67. The summed E-state index contributed by atoms with van der Waals surface area (Å²) in [7, 11) is -3.94. The molecule has 0 saturated carbocycles. The molecule has 0 radical (unpaired) electrons. The van der Waals surface area contributed by atoms with E-state index in [0.717, 1.165) is 13.0 Å². The lowest BCUT2D eigenvalue weighted by atomic mass is 10.2. The highest BCUT2D eigenvalue weighted by Gasteiger charge is 2.26. The van der Waals surface area contributed by atoms with Gasteiger partial charge in [0.15, 0.2) is 9.84 Å². The SMILES string of the molecule is CC(=O)NC(CS(=O)(=O)Cc1ccc(Cl)cc1F)C(=O)O. The molecule has 1 atom stereocenters. The number of sulfone groups is 1. The van der Waals surface area contributed by atoms with Crippen LogP contribution in [0.25, 0.3) is 0 Å². The summed E-state index contributed by atoms with van der Waals surface area (Å²) in [4.78, 5) is 21.8. The molecule has 1 rings (SSSR count). The van der Waals surface area contributed by atoms with Gasteiger partial charge in [-0.15, -0.1) is 0 Å². The smallest absolute Gasteiger partial charge is 0.327 e. The molecule has 116 valence electrons. The van der Waals surface area contributed by atoms with Crippen LogP contribution in [0.4, 0.5) is 4.39 Å². The molecule has 1 unspecified atom stereocenters. The fraction of sp³-hybridized carbons (Fsp3) is 0.333. The van der Waals surface area contributed by atoms with Crippen molar-refractivity contribution in [1.82, 2.24) is 5.32 Å². The van der Waals surface area contributed by atoms with Crippen LogP contribution in [0.15, 0.2) is 18.2 Å². The number of benzene rings is 1. The fourth-order valence-corrected chi connectivity index (χ4v) is 3.33. The monoisotopic (exact) mass is 337 g/mol. The van der Waals surface area contributed by atoms with Crippen molar-refractivity contribution in [2.45, 2.75) is 18.7 Å². The molecule has 0 aromatic heterocycles. The predicted octanol–water partition coefficient (Wildman–Crippen LogP) is 0.983. The lowest BCUT2D eigenvalue weighted by molar-refractivity contribution is -0.140. The second-order valence-electron chi connectivity index (χ2n) is 4.38. The van der Waals surface area contributed by atoms with Gasteiger partial charge in [0.2, 0.25) is 5.91 Å². The average Bonchev–Trinajstić information content (AvgIpc) is 2.31. The molecule has 0 heterocycles. The van der Waals surface area contributed by atoms with Crippen molar-refractivity contribution in [3.63, 3.8) is 0 Å². The number of nitrogens with one attached hydrogen (secondary N) is 1. The predicted molar refractivity (Wildman–Crippen MR) is 74.1 cm³/mol. The minimum atomic E-state index is -3.94.